The van der Waals surface area contributed by atoms with Crippen LogP contribution in [-0.4, -0.2) is 23.5 Å². The molecule has 0 saturated carbocycles. The van der Waals surface area contributed by atoms with Crippen LogP contribution in [0.15, 0.2) is 12.3 Å². The van der Waals surface area contributed by atoms with Gasteiger partial charge in [-0.05, 0) is 31.7 Å². The summed E-state index contributed by atoms with van der Waals surface area (Å²) in [7, 11) is 0. The molecule has 2 unspecified atom stereocenters. The lowest BCUT2D eigenvalue weighted by atomic mass is 9.94. The second-order valence-corrected chi connectivity index (χ2v) is 5.19. The second kappa shape index (κ2) is 4.84. The van der Waals surface area contributed by atoms with Crippen LogP contribution in [0.2, 0.25) is 0 Å². The molecule has 18 heavy (non-hydrogen) atoms. The maximum Gasteiger partial charge on any atom is 0.252 e. The van der Waals surface area contributed by atoms with Crippen LogP contribution in [0.5, 0.6) is 0 Å². The number of nitrogens with two attached hydrogens (primary N) is 2. The predicted molar refractivity (Wildman–Crippen MR) is 72.4 cm³/mol. The molecule has 1 aromatic rings. The van der Waals surface area contributed by atoms with E-state index in [-0.39, 0.29) is 0 Å². The number of pyridine rings is 1. The van der Waals surface area contributed by atoms with Gasteiger partial charge >= 0.3 is 0 Å². The Kier molecular flexibility index (Phi) is 3.41. The van der Waals surface area contributed by atoms with Crippen molar-refractivity contribution >= 4 is 17.4 Å². The highest BCUT2D eigenvalue weighted by atomic mass is 16.1. The maximum atomic E-state index is 11.5. The summed E-state index contributed by atoms with van der Waals surface area (Å²) in [5, 5.41) is 0. The number of piperidine rings is 1. The number of primary amides is 1. The van der Waals surface area contributed by atoms with Gasteiger partial charge in [0.25, 0.3) is 5.91 Å². The molecular weight excluding hydrogens is 228 g/mol. The monoisotopic (exact) mass is 248 g/mol. The first-order chi connectivity index (χ1) is 8.49. The third-order valence-electron chi connectivity index (χ3n) is 3.54. The fourth-order valence-electron chi connectivity index (χ4n) is 2.47. The third-order valence-corrected chi connectivity index (χ3v) is 3.54. The van der Waals surface area contributed by atoms with Gasteiger partial charge in [0, 0.05) is 12.6 Å². The molecule has 1 saturated heterocycles. The molecule has 2 rings (SSSR count). The zero-order chi connectivity index (χ0) is 13.3. The van der Waals surface area contributed by atoms with Crippen LogP contribution >= 0.6 is 0 Å². The molecule has 0 aromatic carbocycles. The minimum atomic E-state index is -0.477. The molecule has 2 atom stereocenters. The quantitative estimate of drug-likeness (QED) is 0.828. The Morgan fingerprint density at radius 2 is 2.17 bits per heavy atom. The van der Waals surface area contributed by atoms with Crippen LogP contribution in [0.1, 0.15) is 37.0 Å². The SMILES string of the molecule is CC1CCC(C)N(c2ncc(N)cc2C(N)=O)C1. The van der Waals surface area contributed by atoms with E-state index in [0.717, 1.165) is 13.0 Å². The number of carbonyl (C=O) groups is 1. The molecule has 98 valence electrons. The largest absolute Gasteiger partial charge is 0.397 e. The minimum absolute atomic E-state index is 0.371. The van der Waals surface area contributed by atoms with Crippen LogP contribution in [-0.2, 0) is 0 Å². The predicted octanol–water partition coefficient (Wildman–Crippen LogP) is 1.39. The van der Waals surface area contributed by atoms with Crippen molar-refractivity contribution in [3.05, 3.63) is 17.8 Å². The maximum absolute atomic E-state index is 11.5. The number of nitrogen functional groups attached to an aromatic ring is 1. The van der Waals surface area contributed by atoms with Crippen molar-refractivity contribution in [2.45, 2.75) is 32.7 Å². The van der Waals surface area contributed by atoms with Gasteiger partial charge in [-0.25, -0.2) is 4.98 Å². The highest BCUT2D eigenvalue weighted by Gasteiger charge is 2.26. The average Bonchev–Trinajstić information content (AvgIpc) is 2.32. The number of anilines is 2. The number of hydrogen-bond donors (Lipinski definition) is 2. The normalized spacial score (nSPS) is 24.0. The van der Waals surface area contributed by atoms with Gasteiger partial charge < -0.3 is 16.4 Å². The van der Waals surface area contributed by atoms with E-state index < -0.39 is 5.91 Å². The first-order valence-electron chi connectivity index (χ1n) is 6.31. The Bertz CT molecular complexity index is 460. The van der Waals surface area contributed by atoms with Crippen LogP contribution in [0.25, 0.3) is 0 Å². The highest BCUT2D eigenvalue weighted by molar-refractivity contribution is 5.98. The highest BCUT2D eigenvalue weighted by Crippen LogP contribution is 2.29. The summed E-state index contributed by atoms with van der Waals surface area (Å²) in [4.78, 5) is 18.0. The summed E-state index contributed by atoms with van der Waals surface area (Å²) in [6.45, 7) is 5.26. The molecule has 1 aromatic heterocycles. The van der Waals surface area contributed by atoms with Crippen LogP contribution in [0.3, 0.4) is 0 Å². The van der Waals surface area contributed by atoms with E-state index in [1.54, 1.807) is 12.3 Å². The van der Waals surface area contributed by atoms with E-state index in [4.69, 9.17) is 11.5 Å². The Labute approximate surface area is 107 Å². The lowest BCUT2D eigenvalue weighted by Gasteiger charge is -2.38. The summed E-state index contributed by atoms with van der Waals surface area (Å²) >= 11 is 0. The van der Waals surface area contributed by atoms with Crippen molar-refractivity contribution in [2.75, 3.05) is 17.2 Å². The van der Waals surface area contributed by atoms with Crippen molar-refractivity contribution in [3.63, 3.8) is 0 Å². The molecule has 1 aliphatic heterocycles. The molecule has 1 amide bonds. The molecular formula is C13H20N4O. The fraction of sp³-hybridized carbons (Fsp3) is 0.538. The van der Waals surface area contributed by atoms with Crippen LogP contribution in [0, 0.1) is 5.92 Å². The number of amides is 1. The van der Waals surface area contributed by atoms with E-state index in [9.17, 15) is 4.79 Å². The number of rotatable bonds is 2. The summed E-state index contributed by atoms with van der Waals surface area (Å²) < 4.78 is 0. The Morgan fingerprint density at radius 3 is 2.83 bits per heavy atom. The Balaban J connectivity index is 2.40. The standard InChI is InChI=1S/C13H20N4O/c1-8-3-4-9(2)17(7-8)13-11(12(15)18)5-10(14)6-16-13/h5-6,8-9H,3-4,7,14H2,1-2H3,(H2,15,18). The number of carbonyl (C=O) groups excluding carboxylic acids is 1. The van der Waals surface area contributed by atoms with Crippen LogP contribution in [0.4, 0.5) is 11.5 Å². The fourth-order valence-corrected chi connectivity index (χ4v) is 2.47. The lowest BCUT2D eigenvalue weighted by molar-refractivity contribution is 0.1000. The zero-order valence-electron chi connectivity index (χ0n) is 10.9. The summed E-state index contributed by atoms with van der Waals surface area (Å²) in [6.07, 6.45) is 3.89. The van der Waals surface area contributed by atoms with Gasteiger partial charge in [-0.2, -0.15) is 0 Å². The molecule has 0 aliphatic carbocycles. The van der Waals surface area contributed by atoms with Gasteiger partial charge in [-0.1, -0.05) is 6.92 Å². The number of hydrogen-bond acceptors (Lipinski definition) is 4. The molecule has 5 heteroatoms. The number of aromatic nitrogens is 1. The Morgan fingerprint density at radius 1 is 1.44 bits per heavy atom. The zero-order valence-corrected chi connectivity index (χ0v) is 10.9. The molecule has 0 radical (unpaired) electrons. The van der Waals surface area contributed by atoms with Gasteiger partial charge in [0.05, 0.1) is 17.4 Å². The molecule has 4 N–H and O–H groups in total. The minimum Gasteiger partial charge on any atom is -0.397 e. The van der Waals surface area contributed by atoms with Crippen LogP contribution < -0.4 is 16.4 Å². The molecule has 1 aliphatic rings. The summed E-state index contributed by atoms with van der Waals surface area (Å²) in [6, 6.07) is 1.98. The smallest absolute Gasteiger partial charge is 0.252 e. The van der Waals surface area contributed by atoms with Crippen molar-refractivity contribution < 1.29 is 4.79 Å². The van der Waals surface area contributed by atoms with E-state index >= 15 is 0 Å². The molecule has 1 fully saturated rings. The first-order valence-corrected chi connectivity index (χ1v) is 6.31. The van der Waals surface area contributed by atoms with Gasteiger partial charge in [0.15, 0.2) is 0 Å². The average molecular weight is 248 g/mol. The summed E-state index contributed by atoms with van der Waals surface area (Å²) in [5.74, 6) is 0.784. The van der Waals surface area contributed by atoms with E-state index in [1.807, 2.05) is 0 Å². The van der Waals surface area contributed by atoms with Gasteiger partial charge in [0.2, 0.25) is 0 Å². The topological polar surface area (TPSA) is 85.2 Å². The summed E-state index contributed by atoms with van der Waals surface area (Å²) in [5.41, 5.74) is 12.0. The van der Waals surface area contributed by atoms with Gasteiger partial charge in [-0.15, -0.1) is 0 Å². The first kappa shape index (κ1) is 12.7. The van der Waals surface area contributed by atoms with Crippen molar-refractivity contribution in [2.24, 2.45) is 11.7 Å². The van der Waals surface area contributed by atoms with E-state index in [1.165, 1.54) is 6.42 Å². The third kappa shape index (κ3) is 2.39. The molecule has 0 bridgehead atoms. The van der Waals surface area contributed by atoms with Crippen molar-refractivity contribution in [1.29, 1.82) is 0 Å². The molecule has 5 nitrogen and oxygen atoms in total. The Hall–Kier alpha value is -1.78. The van der Waals surface area contributed by atoms with Gasteiger partial charge in [0.1, 0.15) is 5.82 Å². The van der Waals surface area contributed by atoms with Crippen molar-refractivity contribution in [1.82, 2.24) is 4.98 Å². The van der Waals surface area contributed by atoms with E-state index in [0.29, 0.717) is 29.0 Å². The number of nitrogens with zero attached hydrogens (tertiary/aromatic N) is 2. The van der Waals surface area contributed by atoms with E-state index in [2.05, 4.69) is 23.7 Å². The van der Waals surface area contributed by atoms with Gasteiger partial charge in [-0.3, -0.25) is 4.79 Å². The molecule has 2 heterocycles. The second-order valence-electron chi connectivity index (χ2n) is 5.19. The van der Waals surface area contributed by atoms with Crippen molar-refractivity contribution in [3.8, 4) is 0 Å². The lowest BCUT2D eigenvalue weighted by Crippen LogP contribution is -2.42. The molecule has 0 spiro atoms.